The third-order valence-electron chi connectivity index (χ3n) is 2.76. The topological polar surface area (TPSA) is 0 Å². The number of hydrogen-bond acceptors (Lipinski definition) is 0. The van der Waals surface area contributed by atoms with E-state index in [1.54, 1.807) is 0 Å². The molecule has 0 spiro atoms. The molecule has 0 aromatic heterocycles. The molecule has 0 N–H and O–H groups in total. The maximum absolute atomic E-state index is 6.11. The molecule has 0 nitrogen and oxygen atoms in total. The van der Waals surface area contributed by atoms with Crippen LogP contribution in [-0.4, -0.2) is 6.00 Å². The van der Waals surface area contributed by atoms with Crippen molar-refractivity contribution in [3.63, 3.8) is 0 Å². The Morgan fingerprint density at radius 3 is 2.57 bits per heavy atom. The minimum absolute atomic E-state index is 0.192. The highest BCUT2D eigenvalue weighted by Crippen LogP contribution is 2.43. The Labute approximate surface area is 99.3 Å². The van der Waals surface area contributed by atoms with Gasteiger partial charge in [0.25, 0.3) is 0 Å². The summed E-state index contributed by atoms with van der Waals surface area (Å²) in [5.74, 6) is 0. The van der Waals surface area contributed by atoms with Crippen LogP contribution in [0.1, 0.15) is 29.5 Å². The fourth-order valence-corrected chi connectivity index (χ4v) is 5.30. The van der Waals surface area contributed by atoms with Crippen LogP contribution in [0.15, 0.2) is 24.3 Å². The molecule has 76 valence electrons. The number of benzene rings is 1. The van der Waals surface area contributed by atoms with E-state index in [0.29, 0.717) is 0 Å². The standard InChI is InChI=1S/C10H11Cl3Si/c11-14(12,13)10-7-3-5-8-4-1-2-6-9(8)10/h1-2,4,6,10H,3,5,7H2. The predicted molar refractivity (Wildman–Crippen MR) is 65.4 cm³/mol. The fraction of sp³-hybridized carbons (Fsp3) is 0.400. The van der Waals surface area contributed by atoms with E-state index in [-0.39, 0.29) is 5.54 Å². The van der Waals surface area contributed by atoms with Gasteiger partial charge in [-0.3, -0.25) is 0 Å². The van der Waals surface area contributed by atoms with Gasteiger partial charge in [-0.05, 0) is 30.4 Å². The molecule has 1 aromatic carbocycles. The summed E-state index contributed by atoms with van der Waals surface area (Å²) < 4.78 is 0. The van der Waals surface area contributed by atoms with E-state index in [9.17, 15) is 0 Å². The Hall–Kier alpha value is 0.307. The molecule has 2 rings (SSSR count). The molecule has 1 aliphatic carbocycles. The number of hydrogen-bond donors (Lipinski definition) is 0. The third kappa shape index (κ3) is 2.11. The highest BCUT2D eigenvalue weighted by atomic mass is 35.8. The van der Waals surface area contributed by atoms with Gasteiger partial charge < -0.3 is 0 Å². The van der Waals surface area contributed by atoms with E-state index in [4.69, 9.17) is 33.2 Å². The summed E-state index contributed by atoms with van der Waals surface area (Å²) in [7, 11) is 0. The maximum atomic E-state index is 6.11. The highest BCUT2D eigenvalue weighted by Gasteiger charge is 2.39. The van der Waals surface area contributed by atoms with Crippen LogP contribution in [0.25, 0.3) is 0 Å². The summed E-state index contributed by atoms with van der Waals surface area (Å²) in [4.78, 5) is 0. The minimum Gasteiger partial charge on any atom is -0.125 e. The van der Waals surface area contributed by atoms with Gasteiger partial charge in [-0.15, -0.1) is 33.2 Å². The van der Waals surface area contributed by atoms with Gasteiger partial charge in [0.05, 0.1) is 0 Å². The van der Waals surface area contributed by atoms with Crippen molar-refractivity contribution in [3.8, 4) is 0 Å². The molecule has 1 aliphatic rings. The van der Waals surface area contributed by atoms with Crippen molar-refractivity contribution < 1.29 is 0 Å². The summed E-state index contributed by atoms with van der Waals surface area (Å²) in [5.41, 5.74) is 2.82. The van der Waals surface area contributed by atoms with Crippen LogP contribution in [-0.2, 0) is 6.42 Å². The van der Waals surface area contributed by atoms with E-state index in [0.717, 1.165) is 19.3 Å². The van der Waals surface area contributed by atoms with Gasteiger partial charge in [0, 0.05) is 5.54 Å². The van der Waals surface area contributed by atoms with Gasteiger partial charge >= 0.3 is 6.00 Å². The zero-order chi connectivity index (χ0) is 10.2. The van der Waals surface area contributed by atoms with Crippen LogP contribution >= 0.6 is 33.2 Å². The van der Waals surface area contributed by atoms with Gasteiger partial charge in [-0.2, -0.15) is 0 Å². The largest absolute Gasteiger partial charge is 0.348 e. The first kappa shape index (κ1) is 10.8. The van der Waals surface area contributed by atoms with Crippen molar-refractivity contribution in [2.45, 2.75) is 24.8 Å². The molecular formula is C10H11Cl3Si. The lowest BCUT2D eigenvalue weighted by atomic mass is 9.91. The molecule has 0 saturated heterocycles. The van der Waals surface area contributed by atoms with Gasteiger partial charge in [-0.25, -0.2) is 0 Å². The Morgan fingerprint density at radius 2 is 1.86 bits per heavy atom. The first-order chi connectivity index (χ1) is 6.59. The molecule has 0 heterocycles. The molecule has 1 aromatic rings. The SMILES string of the molecule is Cl[Si](Cl)(Cl)C1CCCc2ccccc21. The van der Waals surface area contributed by atoms with E-state index in [1.807, 2.05) is 6.07 Å². The number of halogens is 3. The number of aryl methyl sites for hydroxylation is 1. The molecule has 0 bridgehead atoms. The van der Waals surface area contributed by atoms with Crippen LogP contribution in [0.3, 0.4) is 0 Å². The van der Waals surface area contributed by atoms with Gasteiger partial charge in [0.1, 0.15) is 0 Å². The minimum atomic E-state index is -2.59. The lowest BCUT2D eigenvalue weighted by molar-refractivity contribution is 0.662. The summed E-state index contributed by atoms with van der Waals surface area (Å²) in [5, 5.41) is 0. The zero-order valence-electron chi connectivity index (χ0n) is 7.64. The highest BCUT2D eigenvalue weighted by molar-refractivity contribution is 7.65. The molecule has 4 heteroatoms. The molecule has 14 heavy (non-hydrogen) atoms. The van der Waals surface area contributed by atoms with Crippen molar-refractivity contribution in [3.05, 3.63) is 35.4 Å². The summed E-state index contributed by atoms with van der Waals surface area (Å²) in [6, 6.07) is 5.75. The lowest BCUT2D eigenvalue weighted by Crippen LogP contribution is -2.26. The molecule has 0 fully saturated rings. The normalized spacial score (nSPS) is 21.8. The average molecular weight is 266 g/mol. The van der Waals surface area contributed by atoms with Gasteiger partial charge in [0.2, 0.25) is 0 Å². The van der Waals surface area contributed by atoms with Crippen LogP contribution in [0.5, 0.6) is 0 Å². The second-order valence-electron chi connectivity index (χ2n) is 3.69. The zero-order valence-corrected chi connectivity index (χ0v) is 10.9. The van der Waals surface area contributed by atoms with Crippen molar-refractivity contribution in [2.75, 3.05) is 0 Å². The van der Waals surface area contributed by atoms with Crippen LogP contribution in [0, 0.1) is 0 Å². The summed E-state index contributed by atoms with van der Waals surface area (Å²) >= 11 is 18.3. The van der Waals surface area contributed by atoms with Crippen LogP contribution in [0.2, 0.25) is 0 Å². The first-order valence-corrected chi connectivity index (χ1v) is 9.85. The van der Waals surface area contributed by atoms with Gasteiger partial charge in [0.15, 0.2) is 0 Å². The Bertz CT molecular complexity index is 332. The molecule has 0 aliphatic heterocycles. The predicted octanol–water partition coefficient (Wildman–Crippen LogP) is 4.30. The average Bonchev–Trinajstić information content (AvgIpc) is 2.15. The Kier molecular flexibility index (Phi) is 3.13. The number of fused-ring (bicyclic) bond motifs is 1. The lowest BCUT2D eigenvalue weighted by Gasteiger charge is -2.28. The Balaban J connectivity index is 2.41. The van der Waals surface area contributed by atoms with Gasteiger partial charge in [-0.1, -0.05) is 24.3 Å². The van der Waals surface area contributed by atoms with Crippen molar-refractivity contribution in [1.82, 2.24) is 0 Å². The molecule has 0 radical (unpaired) electrons. The van der Waals surface area contributed by atoms with E-state index < -0.39 is 6.00 Å². The Morgan fingerprint density at radius 1 is 1.14 bits per heavy atom. The molecular weight excluding hydrogens is 255 g/mol. The second kappa shape index (κ2) is 4.05. The first-order valence-electron chi connectivity index (χ1n) is 4.73. The smallest absolute Gasteiger partial charge is 0.125 e. The van der Waals surface area contributed by atoms with E-state index in [1.165, 1.54) is 11.1 Å². The van der Waals surface area contributed by atoms with E-state index in [2.05, 4.69) is 18.2 Å². The molecule has 0 amide bonds. The monoisotopic (exact) mass is 264 g/mol. The second-order valence-corrected chi connectivity index (χ2v) is 12.6. The van der Waals surface area contributed by atoms with Crippen molar-refractivity contribution in [2.24, 2.45) is 0 Å². The molecule has 1 unspecified atom stereocenters. The van der Waals surface area contributed by atoms with Crippen molar-refractivity contribution >= 4 is 39.2 Å². The fourth-order valence-electron chi connectivity index (χ4n) is 2.09. The molecule has 0 saturated carbocycles. The maximum Gasteiger partial charge on any atom is 0.348 e. The van der Waals surface area contributed by atoms with Crippen LogP contribution in [0.4, 0.5) is 0 Å². The van der Waals surface area contributed by atoms with Crippen LogP contribution < -0.4 is 0 Å². The quantitative estimate of drug-likeness (QED) is 0.525. The molecule has 1 atom stereocenters. The number of rotatable bonds is 1. The third-order valence-corrected chi connectivity index (χ3v) is 6.53. The van der Waals surface area contributed by atoms with E-state index >= 15 is 0 Å². The summed E-state index contributed by atoms with van der Waals surface area (Å²) in [6.45, 7) is 0. The summed E-state index contributed by atoms with van der Waals surface area (Å²) in [6.07, 6.45) is 3.30. The van der Waals surface area contributed by atoms with Crippen molar-refractivity contribution in [1.29, 1.82) is 0 Å².